The van der Waals surface area contributed by atoms with Crippen LogP contribution in [0.4, 0.5) is 5.69 Å². The summed E-state index contributed by atoms with van der Waals surface area (Å²) in [6, 6.07) is 1.68. The lowest BCUT2D eigenvalue weighted by Gasteiger charge is -2.15. The van der Waals surface area contributed by atoms with Crippen molar-refractivity contribution in [2.24, 2.45) is 0 Å². The van der Waals surface area contributed by atoms with Crippen LogP contribution in [0.1, 0.15) is 19.4 Å². The Bertz CT molecular complexity index is 468. The van der Waals surface area contributed by atoms with Crippen LogP contribution in [0.3, 0.4) is 0 Å². The average Bonchev–Trinajstić information content (AvgIpc) is 2.38. The van der Waals surface area contributed by atoms with Crippen molar-refractivity contribution in [3.63, 3.8) is 0 Å². The van der Waals surface area contributed by atoms with Gasteiger partial charge in [0.25, 0.3) is 0 Å². The number of rotatable bonds is 0. The molecule has 2 rings (SSSR count). The number of hydrogen-bond donors (Lipinski definition) is 1. The zero-order valence-corrected chi connectivity index (χ0v) is 10.4. The molecule has 15 heavy (non-hydrogen) atoms. The number of halogens is 3. The summed E-state index contributed by atoms with van der Waals surface area (Å²) in [5.41, 5.74) is 0.737. The van der Waals surface area contributed by atoms with Gasteiger partial charge in [-0.3, -0.25) is 4.79 Å². The van der Waals surface area contributed by atoms with E-state index in [1.807, 2.05) is 13.8 Å². The molecule has 2 nitrogen and oxygen atoms in total. The van der Waals surface area contributed by atoms with Crippen molar-refractivity contribution in [2.75, 3.05) is 5.32 Å². The van der Waals surface area contributed by atoms with Crippen molar-refractivity contribution in [1.29, 1.82) is 0 Å². The van der Waals surface area contributed by atoms with Crippen molar-refractivity contribution >= 4 is 46.4 Å². The Morgan fingerprint density at radius 1 is 1.20 bits per heavy atom. The highest BCUT2D eigenvalue weighted by atomic mass is 35.5. The maximum absolute atomic E-state index is 11.7. The zero-order valence-electron chi connectivity index (χ0n) is 8.12. The molecule has 0 radical (unpaired) electrons. The summed E-state index contributed by atoms with van der Waals surface area (Å²) in [6.07, 6.45) is 0. The predicted molar refractivity (Wildman–Crippen MR) is 63.1 cm³/mol. The van der Waals surface area contributed by atoms with Crippen molar-refractivity contribution in [2.45, 2.75) is 19.3 Å². The Labute approximate surface area is 103 Å². The molecule has 0 unspecified atom stereocenters. The van der Waals surface area contributed by atoms with E-state index < -0.39 is 5.41 Å². The van der Waals surface area contributed by atoms with Gasteiger partial charge in [0.2, 0.25) is 5.91 Å². The van der Waals surface area contributed by atoms with E-state index in [4.69, 9.17) is 34.8 Å². The van der Waals surface area contributed by atoms with Crippen LogP contribution in [0.25, 0.3) is 0 Å². The number of carbonyl (C=O) groups excluding carboxylic acids is 1. The van der Waals surface area contributed by atoms with E-state index >= 15 is 0 Å². The van der Waals surface area contributed by atoms with Gasteiger partial charge in [0.05, 0.1) is 26.2 Å². The minimum atomic E-state index is -0.618. The summed E-state index contributed by atoms with van der Waals surface area (Å²) in [5, 5.41) is 3.65. The second-order valence-corrected chi connectivity index (χ2v) is 5.15. The molecule has 80 valence electrons. The molecule has 0 aliphatic carbocycles. The Hall–Kier alpha value is -0.440. The number of carbonyl (C=O) groups is 1. The lowest BCUT2D eigenvalue weighted by atomic mass is 9.86. The van der Waals surface area contributed by atoms with Gasteiger partial charge in [-0.15, -0.1) is 0 Å². The highest BCUT2D eigenvalue weighted by Gasteiger charge is 2.40. The van der Waals surface area contributed by atoms with Crippen molar-refractivity contribution in [1.82, 2.24) is 0 Å². The number of benzene rings is 1. The first kappa shape index (κ1) is 11.1. The van der Waals surface area contributed by atoms with Crippen molar-refractivity contribution in [3.8, 4) is 0 Å². The average molecular weight is 265 g/mol. The van der Waals surface area contributed by atoms with Gasteiger partial charge in [-0.05, 0) is 25.5 Å². The fourth-order valence-corrected chi connectivity index (χ4v) is 2.25. The van der Waals surface area contributed by atoms with Gasteiger partial charge in [0.1, 0.15) is 0 Å². The topological polar surface area (TPSA) is 29.1 Å². The molecule has 0 fully saturated rings. The van der Waals surface area contributed by atoms with E-state index in [1.165, 1.54) is 0 Å². The first-order chi connectivity index (χ1) is 6.85. The Morgan fingerprint density at radius 3 is 2.40 bits per heavy atom. The van der Waals surface area contributed by atoms with Crippen LogP contribution in [0.15, 0.2) is 6.07 Å². The molecular weight excluding hydrogens is 256 g/mol. The summed E-state index contributed by atoms with van der Waals surface area (Å²) < 4.78 is 0. The normalized spacial score (nSPS) is 17.5. The maximum atomic E-state index is 11.7. The maximum Gasteiger partial charge on any atom is 0.234 e. The molecule has 5 heteroatoms. The third kappa shape index (κ3) is 1.43. The molecule has 1 N–H and O–H groups in total. The number of hydrogen-bond acceptors (Lipinski definition) is 1. The molecule has 0 spiro atoms. The van der Waals surface area contributed by atoms with Gasteiger partial charge in [0.15, 0.2) is 0 Å². The molecule has 1 aliphatic rings. The van der Waals surface area contributed by atoms with Crippen molar-refractivity contribution in [3.05, 3.63) is 26.7 Å². The van der Waals surface area contributed by atoms with Crippen molar-refractivity contribution < 1.29 is 4.79 Å². The second-order valence-electron chi connectivity index (χ2n) is 3.99. The van der Waals surface area contributed by atoms with Gasteiger partial charge in [0, 0.05) is 0 Å². The summed E-state index contributed by atoms with van der Waals surface area (Å²) in [7, 11) is 0. The van der Waals surface area contributed by atoms with E-state index in [0.717, 1.165) is 5.56 Å². The van der Waals surface area contributed by atoms with Crippen LogP contribution in [0.2, 0.25) is 15.1 Å². The van der Waals surface area contributed by atoms with Gasteiger partial charge >= 0.3 is 0 Å². The summed E-state index contributed by atoms with van der Waals surface area (Å²) in [4.78, 5) is 11.7. The van der Waals surface area contributed by atoms with E-state index in [0.29, 0.717) is 15.7 Å². The minimum absolute atomic E-state index is 0.0993. The Balaban J connectivity index is 2.76. The van der Waals surface area contributed by atoms with Crippen LogP contribution in [0.5, 0.6) is 0 Å². The fraction of sp³-hybridized carbons (Fsp3) is 0.300. The molecule has 1 aromatic carbocycles. The SMILES string of the molecule is CC1(C)C(=O)Nc2c1cc(Cl)c(Cl)c2Cl. The highest BCUT2D eigenvalue weighted by Crippen LogP contribution is 2.46. The van der Waals surface area contributed by atoms with E-state index in [9.17, 15) is 4.79 Å². The van der Waals surface area contributed by atoms with E-state index in [-0.39, 0.29) is 10.9 Å². The van der Waals surface area contributed by atoms with E-state index in [2.05, 4.69) is 5.32 Å². The second kappa shape index (κ2) is 3.27. The molecule has 1 aromatic rings. The van der Waals surface area contributed by atoms with E-state index in [1.54, 1.807) is 6.07 Å². The third-order valence-corrected chi connectivity index (χ3v) is 3.90. The van der Waals surface area contributed by atoms with Gasteiger partial charge in [-0.2, -0.15) is 0 Å². The quantitative estimate of drug-likeness (QED) is 0.708. The molecule has 1 aliphatic heterocycles. The van der Waals surface area contributed by atoms with Crippen LogP contribution in [-0.4, -0.2) is 5.91 Å². The molecule has 0 bridgehead atoms. The number of amides is 1. The third-order valence-electron chi connectivity index (χ3n) is 2.64. The van der Waals surface area contributed by atoms with Gasteiger partial charge in [-0.25, -0.2) is 0 Å². The standard InChI is InChI=1S/C10H8Cl3NO/c1-10(2)4-3-5(11)6(12)7(13)8(4)14-9(10)15/h3H,1-2H3,(H,14,15). The molecule has 0 saturated carbocycles. The highest BCUT2D eigenvalue weighted by molar-refractivity contribution is 6.49. The number of anilines is 1. The first-order valence-corrected chi connectivity index (χ1v) is 5.48. The van der Waals surface area contributed by atoms with Crippen LogP contribution < -0.4 is 5.32 Å². The summed E-state index contributed by atoms with van der Waals surface area (Å²) in [6.45, 7) is 3.63. The molecule has 1 heterocycles. The molecule has 0 atom stereocenters. The van der Waals surface area contributed by atoms with Crippen LogP contribution >= 0.6 is 34.8 Å². The lowest BCUT2D eigenvalue weighted by Crippen LogP contribution is -2.26. The largest absolute Gasteiger partial charge is 0.324 e. The zero-order chi connectivity index (χ0) is 11.4. The fourth-order valence-electron chi connectivity index (χ4n) is 1.60. The van der Waals surface area contributed by atoms with Crippen LogP contribution in [-0.2, 0) is 10.2 Å². The number of fused-ring (bicyclic) bond motifs is 1. The Morgan fingerprint density at radius 2 is 1.80 bits per heavy atom. The molecule has 0 saturated heterocycles. The number of nitrogens with one attached hydrogen (secondary N) is 1. The van der Waals surface area contributed by atoms with Gasteiger partial charge in [-0.1, -0.05) is 34.8 Å². The predicted octanol–water partition coefficient (Wildman–Crippen LogP) is 3.88. The van der Waals surface area contributed by atoms with Crippen LogP contribution in [0, 0.1) is 0 Å². The monoisotopic (exact) mass is 263 g/mol. The Kier molecular flexibility index (Phi) is 2.41. The molecule has 0 aromatic heterocycles. The molecular formula is C10H8Cl3NO. The summed E-state index contributed by atoms with van der Waals surface area (Å²) >= 11 is 17.8. The molecule has 1 amide bonds. The first-order valence-electron chi connectivity index (χ1n) is 4.35. The lowest BCUT2D eigenvalue weighted by molar-refractivity contribution is -0.119. The summed E-state index contributed by atoms with van der Waals surface area (Å²) in [5.74, 6) is -0.0993. The smallest absolute Gasteiger partial charge is 0.234 e. The van der Waals surface area contributed by atoms with Gasteiger partial charge < -0.3 is 5.32 Å². The minimum Gasteiger partial charge on any atom is -0.324 e.